The summed E-state index contributed by atoms with van der Waals surface area (Å²) in [6.45, 7) is 3.84. The highest BCUT2D eigenvalue weighted by atomic mass is 35.5. The van der Waals surface area contributed by atoms with Gasteiger partial charge in [-0.1, -0.05) is 35.4 Å². The zero-order valence-electron chi connectivity index (χ0n) is 17.7. The summed E-state index contributed by atoms with van der Waals surface area (Å²) in [6.07, 6.45) is 0. The molecule has 1 aliphatic heterocycles. The number of aryl methyl sites for hydroxylation is 2. The van der Waals surface area contributed by atoms with Gasteiger partial charge in [0.25, 0.3) is 11.8 Å². The molecule has 5 nitrogen and oxygen atoms in total. The number of ether oxygens (including phenoxy) is 1. The second kappa shape index (κ2) is 8.48. The molecular formula is C25H20ClFN2O3. The molecule has 0 atom stereocenters. The minimum Gasteiger partial charge on any atom is -0.497 e. The van der Waals surface area contributed by atoms with Crippen LogP contribution in [0.3, 0.4) is 0 Å². The summed E-state index contributed by atoms with van der Waals surface area (Å²) in [5, 5.41) is 2.92. The molecule has 1 N–H and O–H groups in total. The van der Waals surface area contributed by atoms with Crippen LogP contribution in [0.5, 0.6) is 5.75 Å². The fourth-order valence-corrected chi connectivity index (χ4v) is 3.84. The molecule has 7 heteroatoms. The van der Waals surface area contributed by atoms with Crippen LogP contribution in [-0.2, 0) is 9.59 Å². The summed E-state index contributed by atoms with van der Waals surface area (Å²) in [5.41, 5.74) is 3.71. The van der Waals surface area contributed by atoms with Gasteiger partial charge in [0, 0.05) is 5.69 Å². The van der Waals surface area contributed by atoms with E-state index in [2.05, 4.69) is 5.32 Å². The van der Waals surface area contributed by atoms with Crippen LogP contribution in [0.4, 0.5) is 15.8 Å². The van der Waals surface area contributed by atoms with Gasteiger partial charge in [0.15, 0.2) is 0 Å². The van der Waals surface area contributed by atoms with Gasteiger partial charge in [-0.05, 0) is 67.4 Å². The van der Waals surface area contributed by atoms with E-state index in [1.165, 1.54) is 12.1 Å². The van der Waals surface area contributed by atoms with Crippen LogP contribution in [0, 0.1) is 19.7 Å². The predicted octanol–water partition coefficient (Wildman–Crippen LogP) is 5.50. The number of hydrogen-bond donors (Lipinski definition) is 1. The average Bonchev–Trinajstić information content (AvgIpc) is 3.00. The molecule has 0 aliphatic carbocycles. The minimum atomic E-state index is -0.631. The summed E-state index contributed by atoms with van der Waals surface area (Å²) >= 11 is 5.91. The highest BCUT2D eigenvalue weighted by Gasteiger charge is 2.41. The number of halogens is 2. The Balaban J connectivity index is 1.83. The van der Waals surface area contributed by atoms with Crippen molar-refractivity contribution < 1.29 is 18.7 Å². The van der Waals surface area contributed by atoms with Gasteiger partial charge in [0.1, 0.15) is 17.3 Å². The molecular weight excluding hydrogens is 431 g/mol. The molecule has 1 heterocycles. The first-order valence-electron chi connectivity index (χ1n) is 9.87. The Hall–Kier alpha value is -3.64. The summed E-state index contributed by atoms with van der Waals surface area (Å²) < 4.78 is 18.9. The monoisotopic (exact) mass is 450 g/mol. The quantitative estimate of drug-likeness (QED) is 0.521. The number of nitrogens with one attached hydrogen (secondary N) is 1. The smallest absolute Gasteiger partial charge is 0.282 e. The number of anilines is 2. The zero-order chi connectivity index (χ0) is 23.0. The van der Waals surface area contributed by atoms with Crippen molar-refractivity contribution in [2.75, 3.05) is 17.3 Å². The van der Waals surface area contributed by atoms with Crippen molar-refractivity contribution in [2.45, 2.75) is 13.8 Å². The number of rotatable bonds is 5. The van der Waals surface area contributed by atoms with E-state index in [1.54, 1.807) is 31.4 Å². The third-order valence-corrected chi connectivity index (χ3v) is 5.55. The molecule has 0 unspecified atom stereocenters. The van der Waals surface area contributed by atoms with E-state index in [0.717, 1.165) is 22.1 Å². The minimum absolute atomic E-state index is 0.132. The van der Waals surface area contributed by atoms with Crippen molar-refractivity contribution in [3.8, 4) is 5.75 Å². The number of amides is 2. The summed E-state index contributed by atoms with van der Waals surface area (Å²) in [5.74, 6) is -1.03. The number of hydrogen-bond acceptors (Lipinski definition) is 4. The predicted molar refractivity (Wildman–Crippen MR) is 123 cm³/mol. The molecule has 4 rings (SSSR count). The molecule has 0 bridgehead atoms. The van der Waals surface area contributed by atoms with Crippen LogP contribution >= 0.6 is 11.6 Å². The van der Waals surface area contributed by atoms with Crippen molar-refractivity contribution in [3.63, 3.8) is 0 Å². The largest absolute Gasteiger partial charge is 0.497 e. The van der Waals surface area contributed by atoms with Crippen LogP contribution in [-0.4, -0.2) is 18.9 Å². The summed E-state index contributed by atoms with van der Waals surface area (Å²) in [7, 11) is 1.56. The van der Waals surface area contributed by atoms with Gasteiger partial charge in [-0.15, -0.1) is 0 Å². The third kappa shape index (κ3) is 3.85. The molecule has 1 aliphatic rings. The highest BCUT2D eigenvalue weighted by molar-refractivity contribution is 6.46. The van der Waals surface area contributed by atoms with Crippen LogP contribution in [0.1, 0.15) is 16.7 Å². The standard InChI is InChI=1S/C25H20ClFN2O3/c1-14-4-10-19(15(2)12-14)22-23(28-16-5-8-18(32-3)9-6-16)25(31)29(24(22)30)17-7-11-21(27)20(26)13-17/h4-13,28H,1-3H3. The molecule has 3 aromatic carbocycles. The lowest BCUT2D eigenvalue weighted by molar-refractivity contribution is -0.120. The highest BCUT2D eigenvalue weighted by Crippen LogP contribution is 2.36. The van der Waals surface area contributed by atoms with Gasteiger partial charge in [-0.2, -0.15) is 0 Å². The Labute approximate surface area is 190 Å². The van der Waals surface area contributed by atoms with Crippen LogP contribution in [0.25, 0.3) is 5.57 Å². The maximum absolute atomic E-state index is 13.7. The van der Waals surface area contributed by atoms with Gasteiger partial charge >= 0.3 is 0 Å². The second-order valence-corrected chi connectivity index (χ2v) is 7.87. The van der Waals surface area contributed by atoms with Gasteiger partial charge in [-0.3, -0.25) is 9.59 Å². The number of carbonyl (C=O) groups is 2. The molecule has 32 heavy (non-hydrogen) atoms. The topological polar surface area (TPSA) is 58.6 Å². The number of methoxy groups -OCH3 is 1. The fraction of sp³-hybridized carbons (Fsp3) is 0.120. The van der Waals surface area contributed by atoms with E-state index in [-0.39, 0.29) is 22.0 Å². The maximum Gasteiger partial charge on any atom is 0.282 e. The Bertz CT molecular complexity index is 1270. The van der Waals surface area contributed by atoms with Gasteiger partial charge < -0.3 is 10.1 Å². The Morgan fingerprint density at radius 1 is 0.938 bits per heavy atom. The summed E-state index contributed by atoms with van der Waals surface area (Å²) in [6, 6.07) is 16.4. The van der Waals surface area contributed by atoms with Crippen molar-refractivity contribution in [1.82, 2.24) is 0 Å². The van der Waals surface area contributed by atoms with E-state index >= 15 is 0 Å². The van der Waals surface area contributed by atoms with Crippen LogP contribution in [0.15, 0.2) is 66.4 Å². The molecule has 0 spiro atoms. The first kappa shape index (κ1) is 21.6. The van der Waals surface area contributed by atoms with E-state index in [4.69, 9.17) is 16.3 Å². The molecule has 2 amide bonds. The van der Waals surface area contributed by atoms with Gasteiger partial charge in [-0.25, -0.2) is 9.29 Å². The fourth-order valence-electron chi connectivity index (χ4n) is 3.67. The lowest BCUT2D eigenvalue weighted by Gasteiger charge is -2.16. The first-order chi connectivity index (χ1) is 15.3. The van der Waals surface area contributed by atoms with Crippen LogP contribution < -0.4 is 15.0 Å². The Morgan fingerprint density at radius 2 is 1.66 bits per heavy atom. The normalized spacial score (nSPS) is 13.7. The molecule has 0 radical (unpaired) electrons. The zero-order valence-corrected chi connectivity index (χ0v) is 18.5. The summed E-state index contributed by atoms with van der Waals surface area (Å²) in [4.78, 5) is 27.9. The third-order valence-electron chi connectivity index (χ3n) is 5.26. The first-order valence-corrected chi connectivity index (χ1v) is 10.2. The second-order valence-electron chi connectivity index (χ2n) is 7.47. The SMILES string of the molecule is COc1ccc(NC2=C(c3ccc(C)cc3C)C(=O)N(c3ccc(F)c(Cl)c3)C2=O)cc1. The van der Waals surface area contributed by atoms with E-state index in [1.807, 2.05) is 32.0 Å². The maximum atomic E-state index is 13.7. The van der Waals surface area contributed by atoms with Crippen molar-refractivity contribution in [2.24, 2.45) is 0 Å². The van der Waals surface area contributed by atoms with E-state index < -0.39 is 17.6 Å². The van der Waals surface area contributed by atoms with Crippen molar-refractivity contribution in [1.29, 1.82) is 0 Å². The van der Waals surface area contributed by atoms with Crippen molar-refractivity contribution >= 4 is 40.4 Å². The molecule has 162 valence electrons. The van der Waals surface area contributed by atoms with Gasteiger partial charge in [0.05, 0.1) is 23.4 Å². The van der Waals surface area contributed by atoms with E-state index in [9.17, 15) is 14.0 Å². The van der Waals surface area contributed by atoms with E-state index in [0.29, 0.717) is 17.0 Å². The van der Waals surface area contributed by atoms with Crippen molar-refractivity contribution in [3.05, 3.63) is 93.9 Å². The number of benzene rings is 3. The van der Waals surface area contributed by atoms with Gasteiger partial charge in [0.2, 0.25) is 0 Å². The molecule has 3 aromatic rings. The molecule has 0 saturated carbocycles. The Kier molecular flexibility index (Phi) is 5.72. The average molecular weight is 451 g/mol. The number of carbonyl (C=O) groups excluding carboxylic acids is 2. The lowest BCUT2D eigenvalue weighted by Crippen LogP contribution is -2.32. The number of nitrogens with zero attached hydrogens (tertiary/aromatic N) is 1. The molecule has 0 saturated heterocycles. The number of imide groups is 1. The Morgan fingerprint density at radius 3 is 2.28 bits per heavy atom. The molecule has 0 fully saturated rings. The molecule has 0 aromatic heterocycles. The van der Waals surface area contributed by atoms with Crippen LogP contribution in [0.2, 0.25) is 5.02 Å². The lowest BCUT2D eigenvalue weighted by atomic mass is 9.97.